The molecule has 2 aliphatic rings. The number of ketones is 1. The second kappa shape index (κ2) is 8.53. The Hall–Kier alpha value is -2.77. The first kappa shape index (κ1) is 20.5. The predicted molar refractivity (Wildman–Crippen MR) is 111 cm³/mol. The monoisotopic (exact) mass is 413 g/mol. The van der Waals surface area contributed by atoms with Crippen LogP contribution < -0.4 is 24.3 Å². The van der Waals surface area contributed by atoms with Crippen molar-refractivity contribution in [3.8, 4) is 23.0 Å². The number of ether oxygens (including phenoxy) is 4. The smallest absolute Gasteiger partial charge is 0.231 e. The van der Waals surface area contributed by atoms with Crippen LogP contribution in [0.25, 0.3) is 0 Å². The molecule has 160 valence electrons. The summed E-state index contributed by atoms with van der Waals surface area (Å²) in [7, 11) is 0. The van der Waals surface area contributed by atoms with Crippen molar-refractivity contribution in [3.05, 3.63) is 47.5 Å². The zero-order valence-corrected chi connectivity index (χ0v) is 17.3. The van der Waals surface area contributed by atoms with Crippen LogP contribution in [-0.2, 0) is 6.42 Å². The number of hydrogen-bond acceptors (Lipinski definition) is 7. The van der Waals surface area contributed by atoms with Gasteiger partial charge in [0.2, 0.25) is 6.79 Å². The molecule has 2 aromatic carbocycles. The third kappa shape index (κ3) is 4.86. The van der Waals surface area contributed by atoms with Crippen molar-refractivity contribution in [3.63, 3.8) is 0 Å². The van der Waals surface area contributed by atoms with E-state index in [0.717, 1.165) is 30.0 Å². The molecule has 7 heteroatoms. The number of carbonyl (C=O) groups is 1. The van der Waals surface area contributed by atoms with Crippen LogP contribution in [0.4, 0.5) is 0 Å². The molecule has 0 radical (unpaired) electrons. The van der Waals surface area contributed by atoms with Gasteiger partial charge in [0, 0.05) is 12.6 Å². The predicted octanol–water partition coefficient (Wildman–Crippen LogP) is 2.73. The van der Waals surface area contributed by atoms with Crippen LogP contribution in [0.15, 0.2) is 36.4 Å². The van der Waals surface area contributed by atoms with Crippen LogP contribution in [0.2, 0.25) is 0 Å². The molecule has 2 N–H and O–H groups in total. The van der Waals surface area contributed by atoms with Crippen LogP contribution >= 0.6 is 0 Å². The van der Waals surface area contributed by atoms with Gasteiger partial charge in [-0.25, -0.2) is 0 Å². The van der Waals surface area contributed by atoms with Gasteiger partial charge in [-0.2, -0.15) is 0 Å². The van der Waals surface area contributed by atoms with E-state index >= 15 is 0 Å². The van der Waals surface area contributed by atoms with Crippen molar-refractivity contribution in [2.45, 2.75) is 38.4 Å². The largest absolute Gasteiger partial charge is 0.491 e. The van der Waals surface area contributed by atoms with Crippen molar-refractivity contribution in [1.29, 1.82) is 0 Å². The van der Waals surface area contributed by atoms with Gasteiger partial charge in [-0.1, -0.05) is 6.07 Å². The molecule has 1 atom stereocenters. The van der Waals surface area contributed by atoms with E-state index in [4.69, 9.17) is 18.9 Å². The highest BCUT2D eigenvalue weighted by Crippen LogP contribution is 2.35. The molecular weight excluding hydrogens is 386 g/mol. The standard InChI is InChI=1S/C23H27NO6/c1-23(2)11-19(26)18-5-4-17(10-21(18)30-23)27-13-16(25)12-24-8-7-15-3-6-20-22(9-15)29-14-28-20/h3-6,9-10,16,24-25H,7-8,11-14H2,1-2H3/t16-/m0/s1. The van der Waals surface area contributed by atoms with Crippen molar-refractivity contribution in [2.24, 2.45) is 0 Å². The highest BCUT2D eigenvalue weighted by molar-refractivity contribution is 6.00. The zero-order valence-electron chi connectivity index (χ0n) is 17.3. The maximum atomic E-state index is 12.2. The second-order valence-electron chi connectivity index (χ2n) is 8.23. The molecule has 0 amide bonds. The van der Waals surface area contributed by atoms with E-state index in [1.165, 1.54) is 0 Å². The fourth-order valence-electron chi connectivity index (χ4n) is 3.57. The summed E-state index contributed by atoms with van der Waals surface area (Å²) in [5, 5.41) is 13.4. The Morgan fingerprint density at radius 2 is 1.97 bits per heavy atom. The van der Waals surface area contributed by atoms with Gasteiger partial charge in [-0.3, -0.25) is 4.79 Å². The van der Waals surface area contributed by atoms with Gasteiger partial charge in [-0.05, 0) is 56.6 Å². The van der Waals surface area contributed by atoms with Crippen molar-refractivity contribution in [2.75, 3.05) is 26.5 Å². The Morgan fingerprint density at radius 3 is 2.83 bits per heavy atom. The normalized spacial score (nSPS) is 17.2. The summed E-state index contributed by atoms with van der Waals surface area (Å²) in [4.78, 5) is 12.2. The molecule has 2 heterocycles. The lowest BCUT2D eigenvalue weighted by Gasteiger charge is -2.31. The maximum Gasteiger partial charge on any atom is 0.231 e. The van der Waals surface area contributed by atoms with Crippen LogP contribution in [0.3, 0.4) is 0 Å². The van der Waals surface area contributed by atoms with Crippen molar-refractivity contribution >= 4 is 5.78 Å². The number of aliphatic hydroxyl groups is 1. The van der Waals surface area contributed by atoms with Crippen LogP contribution in [-0.4, -0.2) is 49.1 Å². The molecule has 0 unspecified atom stereocenters. The molecule has 0 spiro atoms. The number of benzene rings is 2. The van der Waals surface area contributed by atoms with E-state index < -0.39 is 11.7 Å². The van der Waals surface area contributed by atoms with E-state index in [-0.39, 0.29) is 19.2 Å². The Kier molecular flexibility index (Phi) is 5.83. The van der Waals surface area contributed by atoms with Crippen LogP contribution in [0, 0.1) is 0 Å². The molecule has 0 aliphatic carbocycles. The number of fused-ring (bicyclic) bond motifs is 2. The molecule has 2 aromatic rings. The molecule has 7 nitrogen and oxygen atoms in total. The Morgan fingerprint density at radius 1 is 1.13 bits per heavy atom. The highest BCUT2D eigenvalue weighted by Gasteiger charge is 2.32. The number of nitrogens with one attached hydrogen (secondary N) is 1. The Balaban J connectivity index is 1.21. The first-order valence-electron chi connectivity index (χ1n) is 10.2. The van der Waals surface area contributed by atoms with E-state index in [0.29, 0.717) is 30.0 Å². The molecule has 30 heavy (non-hydrogen) atoms. The molecule has 0 saturated carbocycles. The van der Waals surface area contributed by atoms with Gasteiger partial charge in [0.1, 0.15) is 29.8 Å². The van der Waals surface area contributed by atoms with Gasteiger partial charge in [0.05, 0.1) is 12.0 Å². The van der Waals surface area contributed by atoms with Crippen LogP contribution in [0.5, 0.6) is 23.0 Å². The lowest BCUT2D eigenvalue weighted by Crippen LogP contribution is -2.36. The SMILES string of the molecule is CC1(C)CC(=O)c2ccc(OC[C@@H](O)CNCCc3ccc4c(c3)OCO4)cc2O1. The van der Waals surface area contributed by atoms with Crippen molar-refractivity contribution in [1.82, 2.24) is 5.32 Å². The van der Waals surface area contributed by atoms with E-state index in [1.807, 2.05) is 32.0 Å². The fourth-order valence-corrected chi connectivity index (χ4v) is 3.57. The number of aliphatic hydroxyl groups excluding tert-OH is 1. The third-order valence-corrected chi connectivity index (χ3v) is 5.08. The highest BCUT2D eigenvalue weighted by atomic mass is 16.7. The molecular formula is C23H27NO6. The van der Waals surface area contributed by atoms with Crippen LogP contribution in [0.1, 0.15) is 36.2 Å². The maximum absolute atomic E-state index is 12.2. The molecule has 0 bridgehead atoms. The average Bonchev–Trinajstić information content (AvgIpc) is 3.16. The molecule has 0 fully saturated rings. The first-order valence-corrected chi connectivity index (χ1v) is 10.2. The Labute approximate surface area is 175 Å². The molecule has 0 saturated heterocycles. The summed E-state index contributed by atoms with van der Waals surface area (Å²) < 4.78 is 22.3. The number of hydrogen-bond donors (Lipinski definition) is 2. The molecule has 0 aromatic heterocycles. The summed E-state index contributed by atoms with van der Waals surface area (Å²) in [6.07, 6.45) is 0.518. The average molecular weight is 413 g/mol. The van der Waals surface area contributed by atoms with E-state index in [1.54, 1.807) is 18.2 Å². The Bertz CT molecular complexity index is 926. The van der Waals surface area contributed by atoms with Gasteiger partial charge >= 0.3 is 0 Å². The fraction of sp³-hybridized carbons (Fsp3) is 0.435. The molecule has 4 rings (SSSR count). The quantitative estimate of drug-likeness (QED) is 0.644. The first-order chi connectivity index (χ1) is 14.4. The number of Topliss-reactive ketones (excluding diaryl/α,β-unsaturated/α-hetero) is 1. The summed E-state index contributed by atoms with van der Waals surface area (Å²) in [5.41, 5.74) is 1.20. The lowest BCUT2D eigenvalue weighted by molar-refractivity contribution is 0.0615. The van der Waals surface area contributed by atoms with Gasteiger partial charge in [0.25, 0.3) is 0 Å². The zero-order chi connectivity index (χ0) is 21.1. The lowest BCUT2D eigenvalue weighted by atomic mass is 9.93. The molecule has 2 aliphatic heterocycles. The minimum Gasteiger partial charge on any atom is -0.491 e. The third-order valence-electron chi connectivity index (χ3n) is 5.08. The second-order valence-corrected chi connectivity index (χ2v) is 8.23. The minimum atomic E-state index is -0.656. The van der Waals surface area contributed by atoms with Gasteiger partial charge in [0.15, 0.2) is 17.3 Å². The topological polar surface area (TPSA) is 86.3 Å². The summed E-state index contributed by atoms with van der Waals surface area (Å²) in [6.45, 7) is 5.33. The summed E-state index contributed by atoms with van der Waals surface area (Å²) >= 11 is 0. The number of rotatable bonds is 8. The summed E-state index contributed by atoms with van der Waals surface area (Å²) in [5.74, 6) is 2.73. The van der Waals surface area contributed by atoms with E-state index in [9.17, 15) is 9.90 Å². The summed E-state index contributed by atoms with van der Waals surface area (Å²) in [6, 6.07) is 11.1. The van der Waals surface area contributed by atoms with Gasteiger partial charge in [-0.15, -0.1) is 0 Å². The minimum absolute atomic E-state index is 0.0690. The van der Waals surface area contributed by atoms with E-state index in [2.05, 4.69) is 5.32 Å². The van der Waals surface area contributed by atoms with Gasteiger partial charge < -0.3 is 29.4 Å². The number of carbonyl (C=O) groups excluding carboxylic acids is 1. The van der Waals surface area contributed by atoms with Crippen molar-refractivity contribution < 1.29 is 28.8 Å².